The third-order valence-electron chi connectivity index (χ3n) is 4.92. The van der Waals surface area contributed by atoms with Gasteiger partial charge in [-0.15, -0.1) is 0 Å². The van der Waals surface area contributed by atoms with Crippen LogP contribution in [0.3, 0.4) is 0 Å². The Bertz CT molecular complexity index is 777. The van der Waals surface area contributed by atoms with Crippen LogP contribution in [0.25, 0.3) is 0 Å². The lowest BCUT2D eigenvalue weighted by molar-refractivity contribution is -0.113. The second kappa shape index (κ2) is 9.29. The molecule has 160 valence electrons. The molecule has 29 heavy (non-hydrogen) atoms. The van der Waals surface area contributed by atoms with Gasteiger partial charge in [0, 0.05) is 26.2 Å². The molecular formula is C21H31N3O3S2. The fourth-order valence-corrected chi connectivity index (χ4v) is 4.87. The van der Waals surface area contributed by atoms with E-state index in [4.69, 9.17) is 14.5 Å². The number of nitrogens with zero attached hydrogens (tertiary/aromatic N) is 3. The van der Waals surface area contributed by atoms with Crippen LogP contribution >= 0.6 is 11.8 Å². The average Bonchev–Trinajstić information content (AvgIpc) is 3.09. The summed E-state index contributed by atoms with van der Waals surface area (Å²) in [4.78, 5) is 6.88. The quantitative estimate of drug-likeness (QED) is 0.660. The van der Waals surface area contributed by atoms with E-state index in [1.54, 1.807) is 18.0 Å². The molecule has 6 nitrogen and oxygen atoms in total. The van der Waals surface area contributed by atoms with Gasteiger partial charge < -0.3 is 14.4 Å². The van der Waals surface area contributed by atoms with Gasteiger partial charge in [-0.05, 0) is 26.3 Å². The van der Waals surface area contributed by atoms with E-state index >= 15 is 0 Å². The van der Waals surface area contributed by atoms with Crippen molar-refractivity contribution in [2.45, 2.75) is 62.7 Å². The largest absolute Gasteiger partial charge is 0.371 e. The van der Waals surface area contributed by atoms with Crippen LogP contribution in [0.2, 0.25) is 0 Å². The molecule has 0 N–H and O–H groups in total. The maximum Gasteiger partial charge on any atom is 0.161 e. The molecule has 3 rings (SSSR count). The highest BCUT2D eigenvalue weighted by Gasteiger charge is 2.48. The first-order valence-corrected chi connectivity index (χ1v) is 11.8. The number of fused-ring (bicyclic) bond motifs is 1. The molecule has 6 atom stereocenters. The van der Waals surface area contributed by atoms with E-state index in [1.165, 1.54) is 0 Å². The minimum absolute atomic E-state index is 0.0338. The maximum atomic E-state index is 12.4. The molecule has 1 unspecified atom stereocenters. The first-order valence-electron chi connectivity index (χ1n) is 9.86. The van der Waals surface area contributed by atoms with Crippen molar-refractivity contribution in [3.8, 4) is 0 Å². The van der Waals surface area contributed by atoms with E-state index in [0.717, 1.165) is 10.7 Å². The number of aliphatic imine (C=N–C) groups is 1. The Labute approximate surface area is 180 Å². The first kappa shape index (κ1) is 22.5. The molecule has 0 amide bonds. The number of ether oxygens (including phenoxy) is 2. The molecule has 1 saturated heterocycles. The van der Waals surface area contributed by atoms with Gasteiger partial charge >= 0.3 is 0 Å². The number of thioether (sulfide) groups is 1. The summed E-state index contributed by atoms with van der Waals surface area (Å²) in [6.45, 7) is 8.36. The van der Waals surface area contributed by atoms with Crippen molar-refractivity contribution in [2.24, 2.45) is 15.3 Å². The highest BCUT2D eigenvalue weighted by atomic mass is 32.2. The molecule has 0 bridgehead atoms. The number of hydrogen-bond acceptors (Lipinski definition) is 6. The number of amidine groups is 1. The van der Waals surface area contributed by atoms with Crippen molar-refractivity contribution < 1.29 is 13.7 Å². The summed E-state index contributed by atoms with van der Waals surface area (Å²) in [5, 5.41) is 0.941. The molecule has 0 saturated carbocycles. The fraction of sp³-hybridized carbons (Fsp3) is 0.619. The molecular weight excluding hydrogens is 406 g/mol. The van der Waals surface area contributed by atoms with E-state index < -0.39 is 15.7 Å². The van der Waals surface area contributed by atoms with Crippen LogP contribution in [0.4, 0.5) is 0 Å². The number of hydrogen-bond donors (Lipinski definition) is 0. The van der Waals surface area contributed by atoms with E-state index in [0.29, 0.717) is 6.61 Å². The Kier molecular flexibility index (Phi) is 7.19. The lowest BCUT2D eigenvalue weighted by Crippen LogP contribution is -2.51. The van der Waals surface area contributed by atoms with Gasteiger partial charge in [0.1, 0.15) is 28.6 Å². The Morgan fingerprint density at radius 2 is 2.00 bits per heavy atom. The Morgan fingerprint density at radius 3 is 2.62 bits per heavy atom. The zero-order valence-electron chi connectivity index (χ0n) is 17.9. The lowest BCUT2D eigenvalue weighted by Gasteiger charge is -2.40. The minimum atomic E-state index is -1.31. The first-order chi connectivity index (χ1) is 13.7. The normalized spacial score (nSPS) is 30.8. The topological polar surface area (TPSA) is 63.5 Å². The third kappa shape index (κ3) is 5.48. The summed E-state index contributed by atoms with van der Waals surface area (Å²) in [6, 6.07) is 10.1. The summed E-state index contributed by atoms with van der Waals surface area (Å²) in [7, 11) is 2.65. The summed E-state index contributed by atoms with van der Waals surface area (Å²) in [5.41, 5.74) is 0.994. The van der Waals surface area contributed by atoms with E-state index in [1.807, 2.05) is 58.0 Å². The smallest absolute Gasteiger partial charge is 0.161 e. The van der Waals surface area contributed by atoms with Crippen molar-refractivity contribution in [1.29, 1.82) is 0 Å². The van der Waals surface area contributed by atoms with Gasteiger partial charge in [-0.2, -0.15) is 4.40 Å². The van der Waals surface area contributed by atoms with Crippen molar-refractivity contribution in [3.63, 3.8) is 0 Å². The van der Waals surface area contributed by atoms with Crippen LogP contribution in [-0.2, 0) is 27.1 Å². The fourth-order valence-electron chi connectivity index (χ4n) is 3.19. The molecule has 2 heterocycles. The lowest BCUT2D eigenvalue weighted by atomic mass is 9.90. The zero-order chi connectivity index (χ0) is 21.2. The van der Waals surface area contributed by atoms with Gasteiger partial charge in [-0.3, -0.25) is 4.99 Å². The third-order valence-corrected chi connectivity index (χ3v) is 7.58. The highest BCUT2D eigenvalue weighted by molar-refractivity contribution is 8.14. The molecule has 1 fully saturated rings. The second-order valence-corrected chi connectivity index (χ2v) is 11.6. The summed E-state index contributed by atoms with van der Waals surface area (Å²) >= 11 is 1.61. The van der Waals surface area contributed by atoms with Gasteiger partial charge in [0.15, 0.2) is 5.17 Å². The molecule has 2 aliphatic rings. The molecule has 2 aliphatic heterocycles. The van der Waals surface area contributed by atoms with Gasteiger partial charge in [-0.1, -0.05) is 49.0 Å². The molecule has 1 aromatic carbocycles. The average molecular weight is 438 g/mol. The van der Waals surface area contributed by atoms with Gasteiger partial charge in [0.2, 0.25) is 0 Å². The standard InChI is InChI=1S/C21H31N3O3S2/c1-14-16(12-22-29(25)21(2,3)4)27-19-17(23-20(28-19)24(5)6)18(14)26-13-15-10-8-7-9-11-15/h7-12,14,16-19H,13H2,1-6H3/t14-,16-,17-,18+,19-,29?/m1/s1. The summed E-state index contributed by atoms with van der Waals surface area (Å²) < 4.78 is 28.9. The summed E-state index contributed by atoms with van der Waals surface area (Å²) in [6.07, 6.45) is 1.32. The van der Waals surface area contributed by atoms with E-state index in [-0.39, 0.29) is 29.6 Å². The molecule has 0 radical (unpaired) electrons. The van der Waals surface area contributed by atoms with Gasteiger partial charge in [0.25, 0.3) is 0 Å². The molecule has 8 heteroatoms. The van der Waals surface area contributed by atoms with Crippen molar-refractivity contribution >= 4 is 34.1 Å². The van der Waals surface area contributed by atoms with Gasteiger partial charge in [-0.25, -0.2) is 4.21 Å². The molecule has 1 aromatic rings. The Morgan fingerprint density at radius 1 is 1.31 bits per heavy atom. The van der Waals surface area contributed by atoms with Crippen LogP contribution in [0, 0.1) is 5.92 Å². The van der Waals surface area contributed by atoms with Crippen molar-refractivity contribution in [3.05, 3.63) is 35.9 Å². The van der Waals surface area contributed by atoms with Gasteiger partial charge in [0.05, 0.1) is 17.5 Å². The zero-order valence-corrected chi connectivity index (χ0v) is 19.6. The molecule has 0 aliphatic carbocycles. The molecule has 0 spiro atoms. The Hall–Kier alpha value is -1.22. The van der Waals surface area contributed by atoms with Crippen LogP contribution < -0.4 is 0 Å². The highest BCUT2D eigenvalue weighted by Crippen LogP contribution is 2.40. The second-order valence-electron chi connectivity index (χ2n) is 8.62. The predicted octanol–water partition coefficient (Wildman–Crippen LogP) is 3.50. The van der Waals surface area contributed by atoms with Crippen molar-refractivity contribution in [2.75, 3.05) is 14.1 Å². The minimum Gasteiger partial charge on any atom is -0.371 e. The number of benzene rings is 1. The number of rotatable bonds is 5. The monoisotopic (exact) mass is 437 g/mol. The van der Waals surface area contributed by atoms with Crippen molar-refractivity contribution in [1.82, 2.24) is 4.90 Å². The molecule has 0 aromatic heterocycles. The van der Waals surface area contributed by atoms with E-state index in [9.17, 15) is 4.21 Å². The van der Waals surface area contributed by atoms with E-state index in [2.05, 4.69) is 23.5 Å². The predicted molar refractivity (Wildman–Crippen MR) is 122 cm³/mol. The van der Waals surface area contributed by atoms with Crippen LogP contribution in [0.5, 0.6) is 0 Å². The Balaban J connectivity index is 1.79. The van der Waals surface area contributed by atoms with Crippen LogP contribution in [-0.4, -0.2) is 63.0 Å². The summed E-state index contributed by atoms with van der Waals surface area (Å²) in [5.74, 6) is 0.0338. The van der Waals surface area contributed by atoms with Crippen LogP contribution in [0.15, 0.2) is 39.7 Å². The maximum absolute atomic E-state index is 12.4. The SMILES string of the molecule is C[C@H]1[C@H](OCc2ccccc2)[C@H]2N=C(N(C)C)S[C@H]2O[C@@H]1C=NS(=O)C(C)(C)C. The van der Waals surface area contributed by atoms with Crippen LogP contribution in [0.1, 0.15) is 33.3 Å².